The monoisotopic (exact) mass is 441 g/mol. The highest BCUT2D eigenvalue weighted by Gasteiger charge is 2.36. The van der Waals surface area contributed by atoms with E-state index in [1.54, 1.807) is 37.4 Å². The summed E-state index contributed by atoms with van der Waals surface area (Å²) in [5.41, 5.74) is 4.77. The normalized spacial score (nSPS) is 17.2. The van der Waals surface area contributed by atoms with Gasteiger partial charge in [-0.1, -0.05) is 13.8 Å². The van der Waals surface area contributed by atoms with E-state index < -0.39 is 5.91 Å². The summed E-state index contributed by atoms with van der Waals surface area (Å²) in [5, 5.41) is 3.92. The Kier molecular flexibility index (Phi) is 7.38. The van der Waals surface area contributed by atoms with Gasteiger partial charge < -0.3 is 14.4 Å². The largest absolute Gasteiger partial charge is 0.497 e. The standard InChI is InChI=1S/C25H32FN3O3/c1-6-11-29-23-13-22(26)18(12-21(23)17(2)14-25(29,3)4)15-27-28-24(30)16-32-20-9-7-19(31-5)8-10-20/h7-10,12-13,15,17H,6,11,14,16H2,1-5H3,(H,28,30)/b27-15+. The predicted octanol–water partition coefficient (Wildman–Crippen LogP) is 4.87. The lowest BCUT2D eigenvalue weighted by Gasteiger charge is -2.47. The lowest BCUT2D eigenvalue weighted by Crippen LogP contribution is -2.48. The maximum Gasteiger partial charge on any atom is 0.277 e. The van der Waals surface area contributed by atoms with Crippen molar-refractivity contribution in [2.45, 2.75) is 52.0 Å². The molecule has 172 valence electrons. The van der Waals surface area contributed by atoms with Crippen molar-refractivity contribution in [1.29, 1.82) is 0 Å². The molecule has 1 aliphatic heterocycles. The Hall–Kier alpha value is -3.09. The van der Waals surface area contributed by atoms with Crippen molar-refractivity contribution in [2.75, 3.05) is 25.2 Å². The van der Waals surface area contributed by atoms with Crippen molar-refractivity contribution in [3.05, 3.63) is 53.3 Å². The highest BCUT2D eigenvalue weighted by Crippen LogP contribution is 2.44. The number of nitrogens with zero attached hydrogens (tertiary/aromatic N) is 2. The average Bonchev–Trinajstić information content (AvgIpc) is 2.76. The summed E-state index contributed by atoms with van der Waals surface area (Å²) in [6.45, 7) is 9.39. The number of amides is 1. The molecule has 0 saturated heterocycles. The SMILES string of the molecule is CCCN1c2cc(F)c(/C=N/NC(=O)COc3ccc(OC)cc3)cc2C(C)CC1(C)C. The number of hydrogen-bond donors (Lipinski definition) is 1. The van der Waals surface area contributed by atoms with Gasteiger partial charge in [-0.2, -0.15) is 5.10 Å². The van der Waals surface area contributed by atoms with E-state index >= 15 is 0 Å². The summed E-state index contributed by atoms with van der Waals surface area (Å²) in [6, 6.07) is 10.3. The Bertz CT molecular complexity index is 973. The molecule has 7 heteroatoms. The first-order chi connectivity index (χ1) is 15.2. The molecule has 1 unspecified atom stereocenters. The van der Waals surface area contributed by atoms with Gasteiger partial charge in [0.25, 0.3) is 5.91 Å². The van der Waals surface area contributed by atoms with E-state index in [0.29, 0.717) is 23.0 Å². The van der Waals surface area contributed by atoms with E-state index in [9.17, 15) is 9.18 Å². The Morgan fingerprint density at radius 1 is 1.28 bits per heavy atom. The van der Waals surface area contributed by atoms with Crippen LogP contribution in [-0.2, 0) is 4.79 Å². The topological polar surface area (TPSA) is 63.2 Å². The predicted molar refractivity (Wildman–Crippen MR) is 125 cm³/mol. The number of ether oxygens (including phenoxy) is 2. The van der Waals surface area contributed by atoms with Gasteiger partial charge in [0, 0.05) is 23.3 Å². The van der Waals surface area contributed by atoms with Crippen LogP contribution in [0.15, 0.2) is 41.5 Å². The van der Waals surface area contributed by atoms with Crippen LogP contribution in [0.25, 0.3) is 0 Å². The molecule has 0 bridgehead atoms. The van der Waals surface area contributed by atoms with E-state index in [0.717, 1.165) is 30.6 Å². The Morgan fingerprint density at radius 3 is 2.62 bits per heavy atom. The zero-order chi connectivity index (χ0) is 23.3. The van der Waals surface area contributed by atoms with E-state index in [1.807, 2.05) is 6.07 Å². The van der Waals surface area contributed by atoms with E-state index in [-0.39, 0.29) is 18.0 Å². The van der Waals surface area contributed by atoms with Crippen molar-refractivity contribution in [3.8, 4) is 11.5 Å². The molecular formula is C25H32FN3O3. The molecule has 0 radical (unpaired) electrons. The first kappa shape index (κ1) is 23.6. The number of anilines is 1. The number of halogens is 1. The molecule has 1 aliphatic rings. The van der Waals surface area contributed by atoms with Crippen molar-refractivity contribution < 1.29 is 18.7 Å². The van der Waals surface area contributed by atoms with Crippen molar-refractivity contribution in [3.63, 3.8) is 0 Å². The van der Waals surface area contributed by atoms with E-state index in [4.69, 9.17) is 9.47 Å². The summed E-state index contributed by atoms with van der Waals surface area (Å²) in [5.74, 6) is 0.753. The molecular weight excluding hydrogens is 409 g/mol. The molecule has 0 spiro atoms. The molecule has 0 aromatic heterocycles. The molecule has 1 atom stereocenters. The van der Waals surface area contributed by atoms with Gasteiger partial charge >= 0.3 is 0 Å². The van der Waals surface area contributed by atoms with E-state index in [1.165, 1.54) is 6.21 Å². The number of rotatable bonds is 8. The minimum atomic E-state index is -0.431. The average molecular weight is 442 g/mol. The second-order valence-electron chi connectivity index (χ2n) is 8.76. The maximum absolute atomic E-state index is 14.9. The van der Waals surface area contributed by atoms with Crippen molar-refractivity contribution in [1.82, 2.24) is 5.43 Å². The van der Waals surface area contributed by atoms with Crippen LogP contribution in [0.3, 0.4) is 0 Å². The van der Waals surface area contributed by atoms with Crippen LogP contribution in [0.2, 0.25) is 0 Å². The number of carbonyl (C=O) groups excluding carboxylic acids is 1. The summed E-state index contributed by atoms with van der Waals surface area (Å²) in [6.07, 6.45) is 3.33. The quantitative estimate of drug-likeness (QED) is 0.469. The first-order valence-electron chi connectivity index (χ1n) is 10.9. The maximum atomic E-state index is 14.9. The third kappa shape index (κ3) is 5.39. The number of methoxy groups -OCH3 is 1. The summed E-state index contributed by atoms with van der Waals surface area (Å²) >= 11 is 0. The van der Waals surface area contributed by atoms with Crippen LogP contribution in [0, 0.1) is 5.82 Å². The molecule has 2 aromatic rings. The lowest BCUT2D eigenvalue weighted by atomic mass is 9.79. The third-order valence-electron chi connectivity index (χ3n) is 5.77. The first-order valence-corrected chi connectivity index (χ1v) is 10.9. The van der Waals surface area contributed by atoms with Gasteiger partial charge in [-0.15, -0.1) is 0 Å². The zero-order valence-electron chi connectivity index (χ0n) is 19.4. The lowest BCUT2D eigenvalue weighted by molar-refractivity contribution is -0.123. The molecule has 2 aromatic carbocycles. The second-order valence-corrected chi connectivity index (χ2v) is 8.76. The molecule has 0 saturated carbocycles. The van der Waals surface area contributed by atoms with Crippen LogP contribution in [0.5, 0.6) is 11.5 Å². The number of fused-ring (bicyclic) bond motifs is 1. The molecule has 1 heterocycles. The van der Waals surface area contributed by atoms with Gasteiger partial charge in [0.15, 0.2) is 6.61 Å². The zero-order valence-corrected chi connectivity index (χ0v) is 19.4. The van der Waals surface area contributed by atoms with E-state index in [2.05, 4.69) is 43.1 Å². The molecule has 0 fully saturated rings. The molecule has 6 nitrogen and oxygen atoms in total. The highest BCUT2D eigenvalue weighted by molar-refractivity contribution is 5.84. The summed E-state index contributed by atoms with van der Waals surface area (Å²) in [4.78, 5) is 14.3. The van der Waals surface area contributed by atoms with Crippen LogP contribution in [0.4, 0.5) is 10.1 Å². The number of benzene rings is 2. The van der Waals surface area contributed by atoms with Gasteiger partial charge in [-0.3, -0.25) is 4.79 Å². The minimum absolute atomic E-state index is 0.0255. The third-order valence-corrected chi connectivity index (χ3v) is 5.77. The van der Waals surface area contributed by atoms with Crippen LogP contribution >= 0.6 is 0 Å². The van der Waals surface area contributed by atoms with Gasteiger partial charge in [-0.05, 0) is 74.6 Å². The Labute approximate surface area is 189 Å². The van der Waals surface area contributed by atoms with Gasteiger partial charge in [0.05, 0.1) is 13.3 Å². The molecule has 32 heavy (non-hydrogen) atoms. The second kappa shape index (κ2) is 10.0. The van der Waals surface area contributed by atoms with Crippen molar-refractivity contribution >= 4 is 17.8 Å². The smallest absolute Gasteiger partial charge is 0.277 e. The van der Waals surface area contributed by atoms with Crippen molar-refractivity contribution in [2.24, 2.45) is 5.10 Å². The number of nitrogens with one attached hydrogen (secondary N) is 1. The number of hydrogen-bond acceptors (Lipinski definition) is 5. The summed E-state index contributed by atoms with van der Waals surface area (Å²) < 4.78 is 25.4. The molecule has 1 amide bonds. The molecule has 3 rings (SSSR count). The van der Waals surface area contributed by atoms with Gasteiger partial charge in [0.1, 0.15) is 17.3 Å². The van der Waals surface area contributed by atoms with Gasteiger partial charge in [0.2, 0.25) is 0 Å². The fourth-order valence-corrected chi connectivity index (χ4v) is 4.29. The van der Waals surface area contributed by atoms with Crippen LogP contribution in [-0.4, -0.2) is 37.9 Å². The Balaban J connectivity index is 1.65. The van der Waals surface area contributed by atoms with Crippen LogP contribution in [0.1, 0.15) is 57.6 Å². The molecule has 1 N–H and O–H groups in total. The van der Waals surface area contributed by atoms with Crippen LogP contribution < -0.4 is 19.8 Å². The molecule has 0 aliphatic carbocycles. The fourth-order valence-electron chi connectivity index (χ4n) is 4.29. The Morgan fingerprint density at radius 2 is 1.97 bits per heavy atom. The highest BCUT2D eigenvalue weighted by atomic mass is 19.1. The number of hydrazone groups is 1. The van der Waals surface area contributed by atoms with Gasteiger partial charge in [-0.25, -0.2) is 9.82 Å². The minimum Gasteiger partial charge on any atom is -0.497 e. The summed E-state index contributed by atoms with van der Waals surface area (Å²) in [7, 11) is 1.58. The number of carbonyl (C=O) groups is 1. The fraction of sp³-hybridized carbons (Fsp3) is 0.440.